The van der Waals surface area contributed by atoms with Gasteiger partial charge in [-0.25, -0.2) is 0 Å². The third-order valence-electron chi connectivity index (χ3n) is 1.83. The number of allylic oxidation sites excluding steroid dienone is 1. The van der Waals surface area contributed by atoms with E-state index in [0.29, 0.717) is 0 Å². The van der Waals surface area contributed by atoms with Crippen LogP contribution in [0, 0.1) is 0 Å². The van der Waals surface area contributed by atoms with Crippen molar-refractivity contribution in [3.05, 3.63) is 12.3 Å². The van der Waals surface area contributed by atoms with E-state index in [9.17, 15) is 0 Å². The molecule has 0 radical (unpaired) electrons. The van der Waals surface area contributed by atoms with Gasteiger partial charge in [-0.05, 0) is 12.8 Å². The van der Waals surface area contributed by atoms with Crippen LogP contribution in [0.1, 0.15) is 51.9 Å². The molecule has 0 atom stereocenters. The summed E-state index contributed by atoms with van der Waals surface area (Å²) in [5.41, 5.74) is 0. The fourth-order valence-electron chi connectivity index (χ4n) is 1.12. The standard InChI is InChI=1S/C10H20O/c1-2-3-4-5-6-7-8-9-10-11/h9-11H,2-8H2,1H3/b10-9+. The minimum absolute atomic E-state index is 1.03. The van der Waals surface area contributed by atoms with Crippen LogP contribution in [0.4, 0.5) is 0 Å². The van der Waals surface area contributed by atoms with E-state index in [2.05, 4.69) is 6.92 Å². The molecular formula is C10H20O. The van der Waals surface area contributed by atoms with Gasteiger partial charge in [0.2, 0.25) is 0 Å². The van der Waals surface area contributed by atoms with E-state index >= 15 is 0 Å². The molecule has 0 fully saturated rings. The molecule has 0 aliphatic rings. The lowest BCUT2D eigenvalue weighted by Crippen LogP contribution is -1.77. The van der Waals surface area contributed by atoms with E-state index in [1.54, 1.807) is 0 Å². The fraction of sp³-hybridized carbons (Fsp3) is 0.800. The first-order valence-electron chi connectivity index (χ1n) is 4.71. The maximum absolute atomic E-state index is 8.33. The van der Waals surface area contributed by atoms with Crippen molar-refractivity contribution in [2.45, 2.75) is 51.9 Å². The van der Waals surface area contributed by atoms with E-state index in [4.69, 9.17) is 5.11 Å². The zero-order valence-corrected chi connectivity index (χ0v) is 7.55. The average molecular weight is 156 g/mol. The normalized spacial score (nSPS) is 11.0. The van der Waals surface area contributed by atoms with Gasteiger partial charge in [0.15, 0.2) is 0 Å². The molecule has 0 aromatic heterocycles. The van der Waals surface area contributed by atoms with Crippen LogP contribution in [0.5, 0.6) is 0 Å². The van der Waals surface area contributed by atoms with Gasteiger partial charge in [0.1, 0.15) is 0 Å². The van der Waals surface area contributed by atoms with E-state index in [1.807, 2.05) is 6.08 Å². The number of aliphatic hydroxyl groups is 1. The SMILES string of the molecule is CCCCCCCC/C=C/O. The Balaban J connectivity index is 2.79. The lowest BCUT2D eigenvalue weighted by atomic mass is 10.1. The van der Waals surface area contributed by atoms with E-state index < -0.39 is 0 Å². The van der Waals surface area contributed by atoms with E-state index in [1.165, 1.54) is 38.5 Å². The number of hydrogen-bond donors (Lipinski definition) is 1. The van der Waals surface area contributed by atoms with Crippen molar-refractivity contribution >= 4 is 0 Å². The van der Waals surface area contributed by atoms with E-state index in [-0.39, 0.29) is 0 Å². The molecule has 0 aromatic carbocycles. The third-order valence-corrected chi connectivity index (χ3v) is 1.83. The van der Waals surface area contributed by atoms with Gasteiger partial charge >= 0.3 is 0 Å². The molecule has 0 saturated carbocycles. The zero-order chi connectivity index (χ0) is 8.36. The molecule has 1 heteroatoms. The molecular weight excluding hydrogens is 136 g/mol. The molecule has 66 valence electrons. The van der Waals surface area contributed by atoms with Gasteiger partial charge < -0.3 is 5.11 Å². The second-order valence-electron chi connectivity index (χ2n) is 2.94. The van der Waals surface area contributed by atoms with Gasteiger partial charge in [0, 0.05) is 0 Å². The lowest BCUT2D eigenvalue weighted by Gasteiger charge is -1.96. The van der Waals surface area contributed by atoms with Crippen molar-refractivity contribution in [2.24, 2.45) is 0 Å². The van der Waals surface area contributed by atoms with E-state index in [0.717, 1.165) is 12.7 Å². The van der Waals surface area contributed by atoms with Crippen molar-refractivity contribution in [1.82, 2.24) is 0 Å². The van der Waals surface area contributed by atoms with Crippen molar-refractivity contribution in [2.75, 3.05) is 0 Å². The molecule has 1 nitrogen and oxygen atoms in total. The number of aliphatic hydroxyl groups excluding tert-OH is 1. The van der Waals surface area contributed by atoms with Gasteiger partial charge in [0.05, 0.1) is 6.26 Å². The number of hydrogen-bond acceptors (Lipinski definition) is 1. The van der Waals surface area contributed by atoms with Crippen LogP contribution < -0.4 is 0 Å². The fourth-order valence-corrected chi connectivity index (χ4v) is 1.12. The molecule has 0 bridgehead atoms. The summed E-state index contributed by atoms with van der Waals surface area (Å²) in [4.78, 5) is 0. The van der Waals surface area contributed by atoms with Gasteiger partial charge in [-0.2, -0.15) is 0 Å². The Hall–Kier alpha value is -0.460. The quantitative estimate of drug-likeness (QED) is 0.439. The summed E-state index contributed by atoms with van der Waals surface area (Å²) < 4.78 is 0. The van der Waals surface area contributed by atoms with Crippen molar-refractivity contribution in [3.63, 3.8) is 0 Å². The summed E-state index contributed by atoms with van der Waals surface area (Å²) in [6.07, 6.45) is 11.9. The van der Waals surface area contributed by atoms with Crippen LogP contribution in [0.2, 0.25) is 0 Å². The van der Waals surface area contributed by atoms with Gasteiger partial charge in [-0.15, -0.1) is 0 Å². The molecule has 0 spiro atoms. The molecule has 0 aromatic rings. The Bertz CT molecular complexity index is 86.9. The Morgan fingerprint density at radius 1 is 1.00 bits per heavy atom. The first-order chi connectivity index (χ1) is 5.41. The van der Waals surface area contributed by atoms with Gasteiger partial charge in [-0.1, -0.05) is 45.1 Å². The first-order valence-corrected chi connectivity index (χ1v) is 4.71. The van der Waals surface area contributed by atoms with Crippen molar-refractivity contribution < 1.29 is 5.11 Å². The third kappa shape index (κ3) is 9.54. The van der Waals surface area contributed by atoms with Crippen LogP contribution >= 0.6 is 0 Å². The first kappa shape index (κ1) is 10.5. The summed E-state index contributed by atoms with van der Waals surface area (Å²) in [6.45, 7) is 2.23. The number of unbranched alkanes of at least 4 members (excludes halogenated alkanes) is 6. The average Bonchev–Trinajstić information content (AvgIpc) is 2.03. The Morgan fingerprint density at radius 3 is 2.27 bits per heavy atom. The predicted octanol–water partition coefficient (Wildman–Crippen LogP) is 3.81. The van der Waals surface area contributed by atoms with Crippen LogP contribution in [-0.2, 0) is 0 Å². The summed E-state index contributed by atoms with van der Waals surface area (Å²) in [5.74, 6) is 0. The lowest BCUT2D eigenvalue weighted by molar-refractivity contribution is 0.469. The van der Waals surface area contributed by atoms with Gasteiger partial charge in [0.25, 0.3) is 0 Å². The van der Waals surface area contributed by atoms with Crippen molar-refractivity contribution in [3.8, 4) is 0 Å². The molecule has 0 aliphatic heterocycles. The summed E-state index contributed by atoms with van der Waals surface area (Å²) >= 11 is 0. The maximum atomic E-state index is 8.33. The Labute approximate surface area is 70.1 Å². The maximum Gasteiger partial charge on any atom is 0.0751 e. The second kappa shape index (κ2) is 9.54. The topological polar surface area (TPSA) is 20.2 Å². The van der Waals surface area contributed by atoms with Crippen LogP contribution in [0.25, 0.3) is 0 Å². The molecule has 1 N–H and O–H groups in total. The summed E-state index contributed by atoms with van der Waals surface area (Å²) in [6, 6.07) is 0. The van der Waals surface area contributed by atoms with Gasteiger partial charge in [-0.3, -0.25) is 0 Å². The largest absolute Gasteiger partial charge is 0.516 e. The zero-order valence-electron chi connectivity index (χ0n) is 7.55. The molecule has 0 unspecified atom stereocenters. The molecule has 0 aliphatic carbocycles. The van der Waals surface area contributed by atoms with Crippen molar-refractivity contribution in [1.29, 1.82) is 0 Å². The highest BCUT2D eigenvalue weighted by Crippen LogP contribution is 2.06. The Kier molecular flexibility index (Phi) is 9.14. The molecule has 0 heterocycles. The highest BCUT2D eigenvalue weighted by atomic mass is 16.2. The predicted molar refractivity (Wildman–Crippen MR) is 49.8 cm³/mol. The second-order valence-corrected chi connectivity index (χ2v) is 2.94. The highest BCUT2D eigenvalue weighted by Gasteiger charge is 1.87. The molecule has 11 heavy (non-hydrogen) atoms. The minimum atomic E-state index is 1.03. The smallest absolute Gasteiger partial charge is 0.0751 e. The highest BCUT2D eigenvalue weighted by molar-refractivity contribution is 4.70. The monoisotopic (exact) mass is 156 g/mol. The Morgan fingerprint density at radius 2 is 1.64 bits per heavy atom. The summed E-state index contributed by atoms with van der Waals surface area (Å²) in [5, 5.41) is 8.33. The number of rotatable bonds is 7. The van der Waals surface area contributed by atoms with Crippen LogP contribution in [0.3, 0.4) is 0 Å². The van der Waals surface area contributed by atoms with Crippen LogP contribution in [0.15, 0.2) is 12.3 Å². The summed E-state index contributed by atoms with van der Waals surface area (Å²) in [7, 11) is 0. The van der Waals surface area contributed by atoms with Crippen LogP contribution in [-0.4, -0.2) is 5.11 Å². The molecule has 0 saturated heterocycles. The molecule has 0 amide bonds. The minimum Gasteiger partial charge on any atom is -0.516 e. The molecule has 0 rings (SSSR count).